The number of anilines is 1. The first-order valence-electron chi connectivity index (χ1n) is 6.97. The molecule has 108 valence electrons. The Morgan fingerprint density at radius 2 is 2.10 bits per heavy atom. The van der Waals surface area contributed by atoms with Gasteiger partial charge in [0, 0.05) is 37.3 Å². The molecular weight excluding hydrogens is 266 g/mol. The molecule has 5 nitrogen and oxygen atoms in total. The second kappa shape index (κ2) is 5.91. The van der Waals surface area contributed by atoms with Crippen molar-refractivity contribution in [2.75, 3.05) is 18.6 Å². The Morgan fingerprint density at radius 1 is 1.29 bits per heavy atom. The molecule has 1 fully saturated rings. The Hall–Kier alpha value is -2.43. The van der Waals surface area contributed by atoms with Crippen molar-refractivity contribution < 1.29 is 9.53 Å². The normalized spacial score (nSPS) is 18.0. The quantitative estimate of drug-likeness (QED) is 0.862. The fourth-order valence-corrected chi connectivity index (χ4v) is 2.63. The van der Waals surface area contributed by atoms with Gasteiger partial charge in [-0.15, -0.1) is 0 Å². The van der Waals surface area contributed by atoms with Crippen LogP contribution in [0.3, 0.4) is 0 Å². The fraction of sp³-hybridized carbons (Fsp3) is 0.312. The highest BCUT2D eigenvalue weighted by molar-refractivity contribution is 5.95. The molecule has 1 aliphatic rings. The Kier molecular flexibility index (Phi) is 3.81. The van der Waals surface area contributed by atoms with Gasteiger partial charge < -0.3 is 9.64 Å². The number of hydrogen-bond donors (Lipinski definition) is 0. The van der Waals surface area contributed by atoms with Gasteiger partial charge in [0.25, 0.3) is 0 Å². The molecule has 0 bridgehead atoms. The van der Waals surface area contributed by atoms with Crippen LogP contribution in [0.1, 0.15) is 12.2 Å². The molecule has 1 atom stereocenters. The molecule has 1 amide bonds. The monoisotopic (exact) mass is 283 g/mol. The molecule has 2 aromatic rings. The lowest BCUT2D eigenvalue weighted by molar-refractivity contribution is -0.117. The Labute approximate surface area is 123 Å². The predicted molar refractivity (Wildman–Crippen MR) is 79.2 cm³/mol. The minimum atomic E-state index is 0.161. The van der Waals surface area contributed by atoms with E-state index >= 15 is 0 Å². The van der Waals surface area contributed by atoms with Gasteiger partial charge in [0.15, 0.2) is 0 Å². The van der Waals surface area contributed by atoms with Crippen molar-refractivity contribution in [1.29, 1.82) is 0 Å². The van der Waals surface area contributed by atoms with Gasteiger partial charge in [-0.2, -0.15) is 4.98 Å². The molecule has 3 rings (SSSR count). The van der Waals surface area contributed by atoms with E-state index in [1.807, 2.05) is 35.2 Å². The summed E-state index contributed by atoms with van der Waals surface area (Å²) in [6, 6.07) is 11.5. The van der Waals surface area contributed by atoms with E-state index in [0.29, 0.717) is 25.3 Å². The number of methoxy groups -OCH3 is 1. The third kappa shape index (κ3) is 3.02. The van der Waals surface area contributed by atoms with Crippen molar-refractivity contribution in [3.05, 3.63) is 48.4 Å². The van der Waals surface area contributed by atoms with E-state index in [-0.39, 0.29) is 11.8 Å². The van der Waals surface area contributed by atoms with Crippen molar-refractivity contribution in [1.82, 2.24) is 9.97 Å². The first kappa shape index (κ1) is 13.5. The van der Waals surface area contributed by atoms with Crippen LogP contribution in [0.15, 0.2) is 42.6 Å². The molecule has 0 N–H and O–H groups in total. The molecular formula is C16H17N3O2. The number of ether oxygens (including phenoxy) is 1. The molecule has 0 radical (unpaired) electrons. The van der Waals surface area contributed by atoms with Gasteiger partial charge >= 0.3 is 0 Å². The second-order valence-electron chi connectivity index (χ2n) is 5.13. The number of carbonyl (C=O) groups excluding carboxylic acids is 1. The lowest BCUT2D eigenvalue weighted by Gasteiger charge is -2.16. The molecule has 5 heteroatoms. The van der Waals surface area contributed by atoms with Gasteiger partial charge in [-0.3, -0.25) is 4.79 Å². The maximum atomic E-state index is 12.2. The minimum Gasteiger partial charge on any atom is -0.481 e. The Bertz CT molecular complexity index is 630. The molecule has 21 heavy (non-hydrogen) atoms. The third-order valence-electron chi connectivity index (χ3n) is 3.63. The molecule has 1 saturated heterocycles. The molecule has 0 unspecified atom stereocenters. The molecule has 1 aromatic carbocycles. The number of nitrogens with zero attached hydrogens (tertiary/aromatic N) is 3. The second-order valence-corrected chi connectivity index (χ2v) is 5.13. The number of rotatable bonds is 4. The largest absolute Gasteiger partial charge is 0.481 e. The van der Waals surface area contributed by atoms with E-state index in [1.54, 1.807) is 19.4 Å². The molecule has 1 aliphatic heterocycles. The third-order valence-corrected chi connectivity index (χ3v) is 3.63. The van der Waals surface area contributed by atoms with E-state index in [9.17, 15) is 4.79 Å². The zero-order valence-corrected chi connectivity index (χ0v) is 11.9. The summed E-state index contributed by atoms with van der Waals surface area (Å²) < 4.78 is 5.10. The molecule has 0 spiro atoms. The van der Waals surface area contributed by atoms with Crippen molar-refractivity contribution in [2.24, 2.45) is 5.92 Å². The number of amides is 1. The smallest absolute Gasteiger partial charge is 0.227 e. The number of para-hydroxylation sites is 1. The lowest BCUT2D eigenvalue weighted by Crippen LogP contribution is -2.24. The van der Waals surface area contributed by atoms with Crippen LogP contribution in [0.4, 0.5) is 5.69 Å². The van der Waals surface area contributed by atoms with Crippen LogP contribution >= 0.6 is 0 Å². The Morgan fingerprint density at radius 3 is 2.86 bits per heavy atom. The molecule has 0 aliphatic carbocycles. The summed E-state index contributed by atoms with van der Waals surface area (Å²) in [5, 5.41) is 0. The summed E-state index contributed by atoms with van der Waals surface area (Å²) in [7, 11) is 1.59. The SMILES string of the molecule is COc1ccnc(C[C@@H]2CC(=O)N(c3ccccc3)C2)n1. The number of hydrogen-bond acceptors (Lipinski definition) is 4. The van der Waals surface area contributed by atoms with E-state index in [2.05, 4.69) is 9.97 Å². The lowest BCUT2D eigenvalue weighted by atomic mass is 10.0. The summed E-state index contributed by atoms with van der Waals surface area (Å²) in [6.45, 7) is 0.712. The minimum absolute atomic E-state index is 0.161. The van der Waals surface area contributed by atoms with E-state index in [4.69, 9.17) is 4.74 Å². The summed E-state index contributed by atoms with van der Waals surface area (Å²) >= 11 is 0. The van der Waals surface area contributed by atoms with Gasteiger partial charge in [-0.25, -0.2) is 4.98 Å². The average molecular weight is 283 g/mol. The molecule has 0 saturated carbocycles. The summed E-state index contributed by atoms with van der Waals surface area (Å²) in [5.74, 6) is 1.69. The van der Waals surface area contributed by atoms with E-state index < -0.39 is 0 Å². The number of aromatic nitrogens is 2. The van der Waals surface area contributed by atoms with Crippen molar-refractivity contribution in [3.63, 3.8) is 0 Å². The molecule has 2 heterocycles. The van der Waals surface area contributed by atoms with Gasteiger partial charge in [0.05, 0.1) is 7.11 Å². The van der Waals surface area contributed by atoms with Crippen LogP contribution in [0.2, 0.25) is 0 Å². The van der Waals surface area contributed by atoms with Crippen LogP contribution in [0.5, 0.6) is 5.88 Å². The zero-order valence-electron chi connectivity index (χ0n) is 11.9. The van der Waals surface area contributed by atoms with Crippen molar-refractivity contribution in [3.8, 4) is 5.88 Å². The number of carbonyl (C=O) groups is 1. The van der Waals surface area contributed by atoms with Gasteiger partial charge in [-0.1, -0.05) is 18.2 Å². The van der Waals surface area contributed by atoms with Gasteiger partial charge in [0.1, 0.15) is 5.82 Å². The summed E-state index contributed by atoms with van der Waals surface area (Å²) in [4.78, 5) is 22.6. The maximum Gasteiger partial charge on any atom is 0.227 e. The average Bonchev–Trinajstić information content (AvgIpc) is 2.89. The number of benzene rings is 1. The summed E-state index contributed by atoms with van der Waals surface area (Å²) in [5.41, 5.74) is 0.955. The van der Waals surface area contributed by atoms with Crippen LogP contribution in [-0.4, -0.2) is 29.5 Å². The maximum absolute atomic E-state index is 12.2. The van der Waals surface area contributed by atoms with Crippen LogP contribution in [0, 0.1) is 5.92 Å². The highest BCUT2D eigenvalue weighted by Crippen LogP contribution is 2.26. The Balaban J connectivity index is 1.70. The standard InChI is InChI=1S/C16H17N3O2/c1-21-15-7-8-17-14(18-15)9-12-10-16(20)19(11-12)13-5-3-2-4-6-13/h2-8,12H,9-11H2,1H3/t12-/m1/s1. The van der Waals surface area contributed by atoms with Gasteiger partial charge in [0.2, 0.25) is 11.8 Å². The first-order chi connectivity index (χ1) is 10.3. The van der Waals surface area contributed by atoms with Crippen molar-refractivity contribution >= 4 is 11.6 Å². The van der Waals surface area contributed by atoms with E-state index in [0.717, 1.165) is 11.5 Å². The predicted octanol–water partition coefficient (Wildman–Crippen LogP) is 2.08. The zero-order chi connectivity index (χ0) is 14.7. The van der Waals surface area contributed by atoms with Crippen LogP contribution in [0.25, 0.3) is 0 Å². The molecule has 1 aromatic heterocycles. The van der Waals surface area contributed by atoms with Gasteiger partial charge in [-0.05, 0) is 18.1 Å². The highest BCUT2D eigenvalue weighted by Gasteiger charge is 2.31. The first-order valence-corrected chi connectivity index (χ1v) is 6.97. The van der Waals surface area contributed by atoms with Crippen LogP contribution < -0.4 is 9.64 Å². The highest BCUT2D eigenvalue weighted by atomic mass is 16.5. The van der Waals surface area contributed by atoms with Crippen LogP contribution in [-0.2, 0) is 11.2 Å². The fourth-order valence-electron chi connectivity index (χ4n) is 2.63. The topological polar surface area (TPSA) is 55.3 Å². The summed E-state index contributed by atoms with van der Waals surface area (Å²) in [6.07, 6.45) is 2.91. The van der Waals surface area contributed by atoms with E-state index in [1.165, 1.54) is 0 Å². The van der Waals surface area contributed by atoms with Crippen molar-refractivity contribution in [2.45, 2.75) is 12.8 Å².